The summed E-state index contributed by atoms with van der Waals surface area (Å²) < 4.78 is 23.5. The minimum Gasteiger partial charge on any atom is -0.756 e. The van der Waals surface area contributed by atoms with Crippen LogP contribution < -0.4 is 10.2 Å². The highest BCUT2D eigenvalue weighted by atomic mass is 31.2. The number of phosphoric ester groups is 1. The highest BCUT2D eigenvalue weighted by Crippen LogP contribution is 2.38. The van der Waals surface area contributed by atoms with Crippen LogP contribution in [0, 0.1) is 0 Å². The van der Waals surface area contributed by atoms with E-state index >= 15 is 0 Å². The average Bonchev–Trinajstić information content (AvgIpc) is 3.36. The molecule has 0 aliphatic heterocycles. The van der Waals surface area contributed by atoms with Gasteiger partial charge in [0.1, 0.15) is 13.2 Å². The number of quaternary nitrogens is 1. The summed E-state index contributed by atoms with van der Waals surface area (Å²) in [4.78, 5) is 25.6. The molecule has 1 amide bonds. The van der Waals surface area contributed by atoms with Gasteiger partial charge in [-0.25, -0.2) is 0 Å². The van der Waals surface area contributed by atoms with Gasteiger partial charge in [-0.1, -0.05) is 341 Å². The zero-order valence-corrected chi connectivity index (χ0v) is 51.7. The zero-order chi connectivity index (χ0) is 54.2. The third kappa shape index (κ3) is 59.2. The maximum atomic E-state index is 13.0. The lowest BCUT2D eigenvalue weighted by atomic mass is 10.0. The van der Waals surface area contributed by atoms with Crippen LogP contribution in [-0.2, 0) is 18.4 Å². The number of nitrogens with zero attached hydrogens (tertiary/aromatic N) is 1. The van der Waals surface area contributed by atoms with E-state index in [1.165, 1.54) is 295 Å². The van der Waals surface area contributed by atoms with Crippen LogP contribution in [0.25, 0.3) is 0 Å². The third-order valence-electron chi connectivity index (χ3n) is 15.8. The van der Waals surface area contributed by atoms with Crippen molar-refractivity contribution in [3.63, 3.8) is 0 Å². The Morgan fingerprint density at radius 1 is 0.419 bits per heavy atom. The first-order valence-electron chi connectivity index (χ1n) is 33.4. The van der Waals surface area contributed by atoms with Gasteiger partial charge in [0.25, 0.3) is 7.82 Å². The molecule has 2 N–H and O–H groups in total. The predicted octanol–water partition coefficient (Wildman–Crippen LogP) is 20.1. The van der Waals surface area contributed by atoms with Gasteiger partial charge in [0.15, 0.2) is 0 Å². The van der Waals surface area contributed by atoms with Gasteiger partial charge in [-0.2, -0.15) is 0 Å². The highest BCUT2D eigenvalue weighted by Gasteiger charge is 2.24. The first kappa shape index (κ1) is 73.5. The zero-order valence-electron chi connectivity index (χ0n) is 50.8. The lowest BCUT2D eigenvalue weighted by Crippen LogP contribution is -2.46. The molecule has 74 heavy (non-hydrogen) atoms. The SMILES string of the molecule is CCCCCCCCCCCCCCCCCCCCCCCCCCCCCCCCCCCCC(=O)NC(COP(=O)([O-])OCC[N+](C)(C)C)C(O)CCCCCCCCCCCCCCCCCCCC. The molecule has 3 atom stereocenters. The molecule has 0 rings (SSSR count). The van der Waals surface area contributed by atoms with E-state index in [9.17, 15) is 19.4 Å². The summed E-state index contributed by atoms with van der Waals surface area (Å²) in [5.41, 5.74) is 0. The lowest BCUT2D eigenvalue weighted by Gasteiger charge is -2.30. The van der Waals surface area contributed by atoms with Crippen LogP contribution in [0.1, 0.15) is 361 Å². The third-order valence-corrected chi connectivity index (χ3v) is 16.8. The Bertz CT molecular complexity index is 1170. The van der Waals surface area contributed by atoms with Crippen molar-refractivity contribution >= 4 is 13.7 Å². The van der Waals surface area contributed by atoms with Crippen molar-refractivity contribution in [2.24, 2.45) is 0 Å². The molecule has 0 radical (unpaired) electrons. The molecular formula is C65H133N2O6P. The van der Waals surface area contributed by atoms with Crippen LogP contribution in [0.4, 0.5) is 0 Å². The van der Waals surface area contributed by atoms with E-state index in [0.29, 0.717) is 23.9 Å². The lowest BCUT2D eigenvalue weighted by molar-refractivity contribution is -0.870. The summed E-state index contributed by atoms with van der Waals surface area (Å²) in [5, 5.41) is 14.1. The van der Waals surface area contributed by atoms with Gasteiger partial charge >= 0.3 is 0 Å². The van der Waals surface area contributed by atoms with Gasteiger partial charge in [-0.3, -0.25) is 9.36 Å². The van der Waals surface area contributed by atoms with Crippen molar-refractivity contribution in [1.29, 1.82) is 0 Å². The molecule has 0 heterocycles. The molecule has 9 heteroatoms. The van der Waals surface area contributed by atoms with Gasteiger partial charge in [0.2, 0.25) is 5.91 Å². The standard InChI is InChI=1S/C65H133N2O6P/c1-6-8-10-12-14-16-18-20-22-24-26-27-28-29-30-31-32-33-34-35-36-37-38-39-40-41-43-45-47-49-51-53-55-57-59-65(69)66-63(62-73-74(70,71)72-61-60-67(3,4)5)64(68)58-56-54-52-50-48-46-44-42-25-23-21-19-17-15-13-11-9-7-2/h63-64,68H,6-62H2,1-5H3,(H-,66,69,70,71). The molecule has 3 unspecified atom stereocenters. The number of carbonyl (C=O) groups excluding carboxylic acids is 1. The Kier molecular flexibility index (Phi) is 56.8. The molecule has 0 saturated heterocycles. The van der Waals surface area contributed by atoms with E-state index in [-0.39, 0.29) is 19.1 Å². The number of hydrogen-bond donors (Lipinski definition) is 2. The fourth-order valence-corrected chi connectivity index (χ4v) is 11.4. The molecule has 0 fully saturated rings. The Hall–Kier alpha value is -0.500. The van der Waals surface area contributed by atoms with Gasteiger partial charge in [0.05, 0.1) is 39.9 Å². The van der Waals surface area contributed by atoms with Gasteiger partial charge in [-0.05, 0) is 12.8 Å². The Morgan fingerprint density at radius 2 is 0.662 bits per heavy atom. The average molecular weight is 1070 g/mol. The van der Waals surface area contributed by atoms with E-state index < -0.39 is 20.0 Å². The van der Waals surface area contributed by atoms with E-state index in [4.69, 9.17) is 9.05 Å². The minimum absolute atomic E-state index is 0.0168. The quantitative estimate of drug-likeness (QED) is 0.0357. The second-order valence-corrected chi connectivity index (χ2v) is 26.0. The van der Waals surface area contributed by atoms with E-state index in [1.54, 1.807) is 0 Å². The van der Waals surface area contributed by atoms with Crippen molar-refractivity contribution in [2.75, 3.05) is 40.9 Å². The molecule has 0 bridgehead atoms. The molecular weight excluding hydrogens is 936 g/mol. The second-order valence-electron chi connectivity index (χ2n) is 24.5. The number of phosphoric acid groups is 1. The maximum Gasteiger partial charge on any atom is 0.268 e. The Balaban J connectivity index is 3.93. The summed E-state index contributed by atoms with van der Waals surface area (Å²) in [6.07, 6.45) is 70.3. The summed E-state index contributed by atoms with van der Waals surface area (Å²) in [6.45, 7) is 4.79. The number of aliphatic hydroxyl groups is 1. The van der Waals surface area contributed by atoms with Crippen LogP contribution in [0.15, 0.2) is 0 Å². The number of nitrogens with one attached hydrogen (secondary N) is 1. The summed E-state index contributed by atoms with van der Waals surface area (Å²) in [6, 6.07) is -0.796. The monoisotopic (exact) mass is 1070 g/mol. The number of hydrogen-bond acceptors (Lipinski definition) is 6. The van der Waals surface area contributed by atoms with Crippen molar-refractivity contribution in [1.82, 2.24) is 5.32 Å². The topological polar surface area (TPSA) is 108 Å². The largest absolute Gasteiger partial charge is 0.756 e. The molecule has 0 aromatic heterocycles. The van der Waals surface area contributed by atoms with Crippen LogP contribution in [-0.4, -0.2) is 68.5 Å². The molecule has 0 aliphatic rings. The Morgan fingerprint density at radius 3 is 0.919 bits per heavy atom. The molecule has 444 valence electrons. The van der Waals surface area contributed by atoms with Crippen LogP contribution in [0.5, 0.6) is 0 Å². The number of amides is 1. The maximum absolute atomic E-state index is 13.0. The molecule has 0 aromatic carbocycles. The fraction of sp³-hybridized carbons (Fsp3) is 0.985. The number of unbranched alkanes of at least 4 members (excludes halogenated alkanes) is 50. The summed E-state index contributed by atoms with van der Waals surface area (Å²) in [7, 11) is 1.33. The predicted molar refractivity (Wildman–Crippen MR) is 321 cm³/mol. The smallest absolute Gasteiger partial charge is 0.268 e. The van der Waals surface area contributed by atoms with Crippen molar-refractivity contribution in [2.45, 2.75) is 373 Å². The van der Waals surface area contributed by atoms with Crippen LogP contribution >= 0.6 is 7.82 Å². The second kappa shape index (κ2) is 57.2. The van der Waals surface area contributed by atoms with Gasteiger partial charge < -0.3 is 28.8 Å². The fourth-order valence-electron chi connectivity index (χ4n) is 10.6. The molecule has 0 aliphatic carbocycles. The first-order chi connectivity index (χ1) is 36.0. The van der Waals surface area contributed by atoms with Crippen LogP contribution in [0.3, 0.4) is 0 Å². The van der Waals surface area contributed by atoms with E-state index in [0.717, 1.165) is 38.5 Å². The Labute approximate surface area is 463 Å². The molecule has 0 saturated carbocycles. The van der Waals surface area contributed by atoms with Crippen molar-refractivity contribution in [3.05, 3.63) is 0 Å². The van der Waals surface area contributed by atoms with Gasteiger partial charge in [-0.15, -0.1) is 0 Å². The number of rotatable bonds is 63. The molecule has 0 spiro atoms. The van der Waals surface area contributed by atoms with Crippen LogP contribution in [0.2, 0.25) is 0 Å². The molecule has 0 aromatic rings. The normalized spacial score (nSPS) is 13.7. The summed E-state index contributed by atoms with van der Waals surface area (Å²) in [5.74, 6) is -0.155. The van der Waals surface area contributed by atoms with Crippen molar-refractivity contribution in [3.8, 4) is 0 Å². The first-order valence-corrected chi connectivity index (χ1v) is 34.8. The van der Waals surface area contributed by atoms with E-state index in [1.807, 2.05) is 21.1 Å². The summed E-state index contributed by atoms with van der Waals surface area (Å²) >= 11 is 0. The number of likely N-dealkylation sites (N-methyl/N-ethyl adjacent to an activating group) is 1. The van der Waals surface area contributed by atoms with E-state index in [2.05, 4.69) is 19.2 Å². The number of aliphatic hydroxyl groups excluding tert-OH is 1. The minimum atomic E-state index is -4.57. The highest BCUT2D eigenvalue weighted by molar-refractivity contribution is 7.45. The van der Waals surface area contributed by atoms with Gasteiger partial charge in [0, 0.05) is 6.42 Å². The molecule has 8 nitrogen and oxygen atoms in total. The number of carbonyl (C=O) groups is 1. The van der Waals surface area contributed by atoms with Crippen molar-refractivity contribution < 1.29 is 32.9 Å².